The second-order valence-electron chi connectivity index (χ2n) is 18.3. The van der Waals surface area contributed by atoms with Gasteiger partial charge in [0.25, 0.3) is 0 Å². The molecule has 0 radical (unpaired) electrons. The first-order chi connectivity index (χ1) is 25.5. The second kappa shape index (κ2) is 14.8. The van der Waals surface area contributed by atoms with Crippen LogP contribution in [0.1, 0.15) is 199 Å². The summed E-state index contributed by atoms with van der Waals surface area (Å²) in [4.78, 5) is 2.75. The van der Waals surface area contributed by atoms with E-state index >= 15 is 0 Å². The fraction of sp³-hybridized carbons (Fsp3) is 0.529. The van der Waals surface area contributed by atoms with Crippen LogP contribution in [0.4, 0.5) is 17.1 Å². The molecule has 4 saturated carbocycles. The zero-order valence-electron chi connectivity index (χ0n) is 32.4. The van der Waals surface area contributed by atoms with Crippen LogP contribution in [0.5, 0.6) is 0 Å². The highest BCUT2D eigenvalue weighted by atomic mass is 15.1. The molecule has 4 aromatic carbocycles. The molecule has 0 aliphatic heterocycles. The molecule has 0 N–H and O–H groups in total. The highest BCUT2D eigenvalue weighted by Gasteiger charge is 2.36. The van der Waals surface area contributed by atoms with Gasteiger partial charge in [0, 0.05) is 22.5 Å². The van der Waals surface area contributed by atoms with Crippen LogP contribution in [0, 0.1) is 0 Å². The summed E-state index contributed by atoms with van der Waals surface area (Å²) in [7, 11) is 0. The van der Waals surface area contributed by atoms with Crippen molar-refractivity contribution in [2.75, 3.05) is 4.90 Å². The maximum atomic E-state index is 2.75. The smallest absolute Gasteiger partial charge is 0.0467 e. The number of hydrogen-bond donors (Lipinski definition) is 0. The number of nitrogens with zero attached hydrogens (tertiary/aromatic N) is 1. The molecule has 0 heterocycles. The molecule has 52 heavy (non-hydrogen) atoms. The third-order valence-electron chi connectivity index (χ3n) is 14.6. The Morgan fingerprint density at radius 1 is 0.385 bits per heavy atom. The van der Waals surface area contributed by atoms with Crippen molar-refractivity contribution < 1.29 is 0 Å². The molecule has 4 aromatic rings. The van der Waals surface area contributed by atoms with Gasteiger partial charge in [-0.2, -0.15) is 0 Å². The topological polar surface area (TPSA) is 3.24 Å². The molecule has 0 aromatic heterocycles. The molecule has 0 saturated heterocycles. The molecule has 5 aliphatic rings. The average molecular weight is 690 g/mol. The van der Waals surface area contributed by atoms with Gasteiger partial charge in [-0.25, -0.2) is 0 Å². The predicted molar refractivity (Wildman–Crippen MR) is 222 cm³/mol. The minimum atomic E-state index is -0.0258. The normalized spacial score (nSPS) is 21.5. The average Bonchev–Trinajstić information content (AvgIpc) is 3.44. The summed E-state index contributed by atoms with van der Waals surface area (Å²) in [5.74, 6) is 2.77. The van der Waals surface area contributed by atoms with Gasteiger partial charge in [-0.3, -0.25) is 0 Å². The van der Waals surface area contributed by atoms with E-state index in [1.807, 2.05) is 0 Å². The Balaban J connectivity index is 1.24. The van der Waals surface area contributed by atoms with E-state index in [4.69, 9.17) is 0 Å². The molecule has 0 spiro atoms. The zero-order valence-corrected chi connectivity index (χ0v) is 32.4. The van der Waals surface area contributed by atoms with Crippen LogP contribution >= 0.6 is 0 Å². The molecule has 1 heteroatoms. The van der Waals surface area contributed by atoms with Crippen molar-refractivity contribution >= 4 is 17.1 Å². The summed E-state index contributed by atoms with van der Waals surface area (Å²) >= 11 is 0. The molecular weight excluding hydrogens is 627 g/mol. The molecule has 1 nitrogen and oxygen atoms in total. The van der Waals surface area contributed by atoms with Crippen LogP contribution < -0.4 is 4.90 Å². The number of fused-ring (bicyclic) bond motifs is 3. The van der Waals surface area contributed by atoms with Gasteiger partial charge in [0.1, 0.15) is 0 Å². The van der Waals surface area contributed by atoms with Crippen molar-refractivity contribution in [3.63, 3.8) is 0 Å². The third-order valence-corrected chi connectivity index (χ3v) is 14.6. The molecule has 272 valence electrons. The first kappa shape index (κ1) is 34.4. The van der Waals surface area contributed by atoms with E-state index in [1.165, 1.54) is 168 Å². The van der Waals surface area contributed by atoms with Crippen molar-refractivity contribution in [1.82, 2.24) is 0 Å². The lowest BCUT2D eigenvalue weighted by molar-refractivity contribution is 0.435. The Kier molecular flexibility index (Phi) is 9.83. The zero-order chi connectivity index (χ0) is 35.1. The number of rotatable bonds is 7. The lowest BCUT2D eigenvalue weighted by Crippen LogP contribution is -2.18. The van der Waals surface area contributed by atoms with E-state index in [-0.39, 0.29) is 5.41 Å². The molecule has 9 rings (SSSR count). The van der Waals surface area contributed by atoms with Gasteiger partial charge in [0.05, 0.1) is 0 Å². The molecule has 4 fully saturated rings. The fourth-order valence-corrected chi connectivity index (χ4v) is 11.5. The molecule has 0 atom stereocenters. The van der Waals surface area contributed by atoms with E-state index < -0.39 is 0 Å². The van der Waals surface area contributed by atoms with Crippen LogP contribution in [-0.2, 0) is 5.41 Å². The molecular formula is C51H63N. The minimum absolute atomic E-state index is 0.0258. The summed E-state index contributed by atoms with van der Waals surface area (Å²) in [6.45, 7) is 4.89. The van der Waals surface area contributed by atoms with Gasteiger partial charge in [-0.05, 0) is 156 Å². The first-order valence-corrected chi connectivity index (χ1v) is 21.9. The van der Waals surface area contributed by atoms with Crippen molar-refractivity contribution in [1.29, 1.82) is 0 Å². The summed E-state index contributed by atoms with van der Waals surface area (Å²) in [5, 5.41) is 0. The summed E-state index contributed by atoms with van der Waals surface area (Å²) in [6, 6.07) is 32.7. The molecule has 0 amide bonds. The van der Waals surface area contributed by atoms with Crippen LogP contribution in [0.3, 0.4) is 0 Å². The van der Waals surface area contributed by atoms with Crippen molar-refractivity contribution in [2.24, 2.45) is 0 Å². The van der Waals surface area contributed by atoms with Crippen molar-refractivity contribution in [2.45, 2.75) is 171 Å². The lowest BCUT2D eigenvalue weighted by Gasteiger charge is -2.33. The molecule has 0 unspecified atom stereocenters. The largest absolute Gasteiger partial charge is 0.310 e. The summed E-state index contributed by atoms with van der Waals surface area (Å²) < 4.78 is 0. The summed E-state index contributed by atoms with van der Waals surface area (Å²) in [6.07, 6.45) is 27.5. The van der Waals surface area contributed by atoms with E-state index in [2.05, 4.69) is 97.6 Å². The van der Waals surface area contributed by atoms with Crippen LogP contribution in [0.25, 0.3) is 11.1 Å². The lowest BCUT2D eigenvalue weighted by atomic mass is 9.79. The number of hydrogen-bond acceptors (Lipinski definition) is 1. The first-order valence-electron chi connectivity index (χ1n) is 21.9. The highest BCUT2D eigenvalue weighted by Crippen LogP contribution is 2.52. The van der Waals surface area contributed by atoms with Gasteiger partial charge in [0.15, 0.2) is 0 Å². The Labute approximate surface area is 315 Å². The molecule has 5 aliphatic carbocycles. The van der Waals surface area contributed by atoms with E-state index in [9.17, 15) is 0 Å². The van der Waals surface area contributed by atoms with Crippen molar-refractivity contribution in [3.05, 3.63) is 112 Å². The van der Waals surface area contributed by atoms with Crippen LogP contribution in [0.15, 0.2) is 78.9 Å². The predicted octanol–water partition coefficient (Wildman–Crippen LogP) is 15.7. The maximum absolute atomic E-state index is 2.75. The molecule has 0 bridgehead atoms. The van der Waals surface area contributed by atoms with Crippen LogP contribution in [-0.4, -0.2) is 0 Å². The van der Waals surface area contributed by atoms with Gasteiger partial charge < -0.3 is 4.90 Å². The Bertz CT molecular complexity index is 1700. The quantitative estimate of drug-likeness (QED) is 0.187. The Morgan fingerprint density at radius 3 is 1.19 bits per heavy atom. The Morgan fingerprint density at radius 2 is 0.769 bits per heavy atom. The van der Waals surface area contributed by atoms with Crippen LogP contribution in [0.2, 0.25) is 0 Å². The maximum Gasteiger partial charge on any atom is 0.0467 e. The Hall–Kier alpha value is -3.32. The van der Waals surface area contributed by atoms with Gasteiger partial charge in [-0.1, -0.05) is 133 Å². The minimum Gasteiger partial charge on any atom is -0.310 e. The van der Waals surface area contributed by atoms with Gasteiger partial charge in [-0.15, -0.1) is 0 Å². The monoisotopic (exact) mass is 689 g/mol. The number of benzene rings is 4. The summed E-state index contributed by atoms with van der Waals surface area (Å²) in [5.41, 5.74) is 16.4. The van der Waals surface area contributed by atoms with E-state index in [0.29, 0.717) is 23.7 Å². The third kappa shape index (κ3) is 6.69. The van der Waals surface area contributed by atoms with E-state index in [1.54, 1.807) is 22.3 Å². The van der Waals surface area contributed by atoms with Crippen molar-refractivity contribution in [3.8, 4) is 11.1 Å². The standard InChI is InChI=1S/C51H63N/c1-51(2)49-26-16-15-25-47(49)48-28-27-44(35-50(48)51)52(45-31-40(36-17-7-3-8-18-36)29-41(32-45)37-19-9-4-10-20-37)46-33-42(38-21-11-5-12-22-38)30-43(34-46)39-23-13-6-14-24-39/h15-16,25-39H,3-14,17-24H2,1-2H3. The fourth-order valence-electron chi connectivity index (χ4n) is 11.5. The highest BCUT2D eigenvalue weighted by molar-refractivity contribution is 5.86. The SMILES string of the molecule is CC1(C)c2ccccc2-c2ccc(N(c3cc(C4CCCCC4)cc(C4CCCCC4)c3)c3cc(C4CCCCC4)cc(C4CCCCC4)c3)cc21. The van der Waals surface area contributed by atoms with E-state index in [0.717, 1.165) is 0 Å². The van der Waals surface area contributed by atoms with Gasteiger partial charge >= 0.3 is 0 Å². The number of anilines is 3. The second-order valence-corrected chi connectivity index (χ2v) is 18.3. The van der Waals surface area contributed by atoms with Gasteiger partial charge in [0.2, 0.25) is 0 Å².